The van der Waals surface area contributed by atoms with Gasteiger partial charge in [0.15, 0.2) is 11.5 Å². The third kappa shape index (κ3) is 4.17. The number of ether oxygens (including phenoxy) is 2. The molecular formula is C20H31N3O3. The molecule has 2 N–H and O–H groups in total. The van der Waals surface area contributed by atoms with Crippen LogP contribution in [0, 0.1) is 5.92 Å². The third-order valence-corrected chi connectivity index (χ3v) is 5.37. The summed E-state index contributed by atoms with van der Waals surface area (Å²) < 4.78 is 11.6. The SMILES string of the molecule is COc1ccc(N2CCN(C(N)=O)C(CC(C)C)C2)cc1OC1CCC1. The van der Waals surface area contributed by atoms with Crippen molar-refractivity contribution in [2.45, 2.75) is 51.7 Å². The minimum absolute atomic E-state index is 0.138. The smallest absolute Gasteiger partial charge is 0.315 e. The molecule has 3 rings (SSSR count). The second-order valence-electron chi connectivity index (χ2n) is 7.77. The van der Waals surface area contributed by atoms with Crippen LogP contribution >= 0.6 is 0 Å². The van der Waals surface area contributed by atoms with Gasteiger partial charge in [-0.25, -0.2) is 4.79 Å². The first-order valence-corrected chi connectivity index (χ1v) is 9.63. The monoisotopic (exact) mass is 361 g/mol. The molecule has 1 saturated carbocycles. The van der Waals surface area contributed by atoms with E-state index in [2.05, 4.69) is 30.9 Å². The van der Waals surface area contributed by atoms with E-state index in [9.17, 15) is 4.79 Å². The molecule has 1 aliphatic carbocycles. The normalized spacial score (nSPS) is 20.8. The first-order valence-electron chi connectivity index (χ1n) is 9.63. The molecular weight excluding hydrogens is 330 g/mol. The van der Waals surface area contributed by atoms with Crippen LogP contribution in [0.25, 0.3) is 0 Å². The van der Waals surface area contributed by atoms with Gasteiger partial charge in [-0.05, 0) is 43.7 Å². The molecule has 0 spiro atoms. The van der Waals surface area contributed by atoms with Crippen LogP contribution in [-0.2, 0) is 0 Å². The lowest BCUT2D eigenvalue weighted by Gasteiger charge is -2.42. The number of rotatable bonds is 6. The van der Waals surface area contributed by atoms with E-state index in [1.807, 2.05) is 11.0 Å². The quantitative estimate of drug-likeness (QED) is 0.844. The Balaban J connectivity index is 1.77. The van der Waals surface area contributed by atoms with Crippen LogP contribution in [0.3, 0.4) is 0 Å². The van der Waals surface area contributed by atoms with Crippen molar-refractivity contribution in [3.8, 4) is 11.5 Å². The number of hydrogen-bond donors (Lipinski definition) is 1. The number of nitrogens with two attached hydrogens (primary N) is 1. The molecule has 2 aliphatic rings. The molecule has 0 radical (unpaired) electrons. The average Bonchev–Trinajstić information content (AvgIpc) is 2.57. The number of anilines is 1. The predicted octanol–water partition coefficient (Wildman–Crippen LogP) is 3.24. The Labute approximate surface area is 156 Å². The molecule has 1 aromatic carbocycles. The van der Waals surface area contributed by atoms with Crippen molar-refractivity contribution in [3.63, 3.8) is 0 Å². The van der Waals surface area contributed by atoms with E-state index in [4.69, 9.17) is 15.2 Å². The molecule has 2 fully saturated rings. The number of primary amides is 1. The zero-order valence-electron chi connectivity index (χ0n) is 16.1. The fraction of sp³-hybridized carbons (Fsp3) is 0.650. The average molecular weight is 361 g/mol. The number of nitrogens with zero attached hydrogens (tertiary/aromatic N) is 2. The summed E-state index contributed by atoms with van der Waals surface area (Å²) in [6, 6.07) is 5.93. The van der Waals surface area contributed by atoms with Gasteiger partial charge in [-0.1, -0.05) is 13.8 Å². The number of amides is 2. The van der Waals surface area contributed by atoms with Gasteiger partial charge in [0.2, 0.25) is 0 Å². The molecule has 26 heavy (non-hydrogen) atoms. The first kappa shape index (κ1) is 18.7. The van der Waals surface area contributed by atoms with Crippen LogP contribution in [0.15, 0.2) is 18.2 Å². The van der Waals surface area contributed by atoms with Crippen molar-refractivity contribution in [1.29, 1.82) is 0 Å². The van der Waals surface area contributed by atoms with Crippen molar-refractivity contribution in [2.24, 2.45) is 11.7 Å². The van der Waals surface area contributed by atoms with E-state index in [-0.39, 0.29) is 12.1 Å². The minimum Gasteiger partial charge on any atom is -0.493 e. The number of carbonyl (C=O) groups excluding carboxylic acids is 1. The Hall–Kier alpha value is -2.11. The molecule has 1 unspecified atom stereocenters. The molecule has 1 heterocycles. The molecule has 6 heteroatoms. The Morgan fingerprint density at radius 1 is 1.27 bits per heavy atom. The van der Waals surface area contributed by atoms with E-state index in [1.54, 1.807) is 7.11 Å². The largest absolute Gasteiger partial charge is 0.493 e. The molecule has 0 bridgehead atoms. The van der Waals surface area contributed by atoms with Crippen molar-refractivity contribution in [2.75, 3.05) is 31.6 Å². The highest BCUT2D eigenvalue weighted by Crippen LogP contribution is 2.36. The van der Waals surface area contributed by atoms with Gasteiger partial charge in [-0.15, -0.1) is 0 Å². The van der Waals surface area contributed by atoms with Gasteiger partial charge in [-0.2, -0.15) is 0 Å². The maximum atomic E-state index is 11.8. The summed E-state index contributed by atoms with van der Waals surface area (Å²) in [5.41, 5.74) is 6.70. The van der Waals surface area contributed by atoms with Crippen LogP contribution in [0.4, 0.5) is 10.5 Å². The number of benzene rings is 1. The predicted molar refractivity (Wildman–Crippen MR) is 103 cm³/mol. The fourth-order valence-corrected chi connectivity index (χ4v) is 3.75. The molecule has 2 amide bonds. The lowest BCUT2D eigenvalue weighted by molar-refractivity contribution is 0.116. The summed E-state index contributed by atoms with van der Waals surface area (Å²) >= 11 is 0. The Bertz CT molecular complexity index is 631. The molecule has 1 aliphatic heterocycles. The van der Waals surface area contributed by atoms with Gasteiger partial charge in [0.1, 0.15) is 0 Å². The fourth-order valence-electron chi connectivity index (χ4n) is 3.75. The number of urea groups is 1. The lowest BCUT2D eigenvalue weighted by atomic mass is 9.96. The highest BCUT2D eigenvalue weighted by molar-refractivity contribution is 5.73. The van der Waals surface area contributed by atoms with Crippen LogP contribution in [0.5, 0.6) is 11.5 Å². The lowest BCUT2D eigenvalue weighted by Crippen LogP contribution is -2.57. The van der Waals surface area contributed by atoms with Crippen molar-refractivity contribution < 1.29 is 14.3 Å². The molecule has 1 aromatic rings. The van der Waals surface area contributed by atoms with Crippen LogP contribution in [-0.4, -0.2) is 49.8 Å². The highest BCUT2D eigenvalue weighted by Gasteiger charge is 2.30. The zero-order valence-corrected chi connectivity index (χ0v) is 16.1. The third-order valence-electron chi connectivity index (χ3n) is 5.37. The van der Waals surface area contributed by atoms with Crippen molar-refractivity contribution in [1.82, 2.24) is 4.90 Å². The topological polar surface area (TPSA) is 68.0 Å². The van der Waals surface area contributed by atoms with Crippen LogP contribution in [0.1, 0.15) is 39.5 Å². The van der Waals surface area contributed by atoms with Gasteiger partial charge in [0, 0.05) is 31.4 Å². The summed E-state index contributed by atoms with van der Waals surface area (Å²) in [4.78, 5) is 15.9. The summed E-state index contributed by atoms with van der Waals surface area (Å²) in [5, 5.41) is 0. The van der Waals surface area contributed by atoms with Gasteiger partial charge >= 0.3 is 6.03 Å². The van der Waals surface area contributed by atoms with E-state index in [0.29, 0.717) is 18.6 Å². The second kappa shape index (κ2) is 8.06. The van der Waals surface area contributed by atoms with Crippen LogP contribution < -0.4 is 20.1 Å². The molecule has 1 saturated heterocycles. The molecule has 6 nitrogen and oxygen atoms in total. The van der Waals surface area contributed by atoms with Gasteiger partial charge in [0.25, 0.3) is 0 Å². The summed E-state index contributed by atoms with van der Waals surface area (Å²) in [7, 11) is 1.67. The van der Waals surface area contributed by atoms with Crippen molar-refractivity contribution >= 4 is 11.7 Å². The van der Waals surface area contributed by atoms with E-state index >= 15 is 0 Å². The second-order valence-corrected chi connectivity index (χ2v) is 7.77. The standard InChI is InChI=1S/C20H31N3O3/c1-14(2)11-16-13-22(9-10-23(16)20(21)24)15-7-8-18(25-3)19(12-15)26-17-5-4-6-17/h7-8,12,14,16-17H,4-6,9-11,13H2,1-3H3,(H2,21,24). The summed E-state index contributed by atoms with van der Waals surface area (Å²) in [5.74, 6) is 2.10. The number of carbonyl (C=O) groups is 1. The molecule has 1 atom stereocenters. The Kier molecular flexibility index (Phi) is 5.79. The highest BCUT2D eigenvalue weighted by atomic mass is 16.5. The van der Waals surface area contributed by atoms with E-state index < -0.39 is 0 Å². The molecule has 0 aromatic heterocycles. The summed E-state index contributed by atoms with van der Waals surface area (Å²) in [6.45, 7) is 6.56. The maximum Gasteiger partial charge on any atom is 0.315 e. The number of piperazine rings is 1. The summed E-state index contributed by atoms with van der Waals surface area (Å²) in [6.07, 6.45) is 4.71. The van der Waals surface area contributed by atoms with Gasteiger partial charge < -0.3 is 25.0 Å². The minimum atomic E-state index is -0.320. The first-order chi connectivity index (χ1) is 12.5. The van der Waals surface area contributed by atoms with Gasteiger partial charge in [0.05, 0.1) is 19.3 Å². The van der Waals surface area contributed by atoms with Crippen molar-refractivity contribution in [3.05, 3.63) is 18.2 Å². The zero-order chi connectivity index (χ0) is 18.7. The Morgan fingerprint density at radius 2 is 2.04 bits per heavy atom. The number of methoxy groups -OCH3 is 1. The number of hydrogen-bond acceptors (Lipinski definition) is 4. The van der Waals surface area contributed by atoms with E-state index in [1.165, 1.54) is 6.42 Å². The molecule has 144 valence electrons. The van der Waals surface area contributed by atoms with Crippen LogP contribution in [0.2, 0.25) is 0 Å². The van der Waals surface area contributed by atoms with Gasteiger partial charge in [-0.3, -0.25) is 0 Å². The maximum absolute atomic E-state index is 11.8. The Morgan fingerprint density at radius 3 is 2.62 bits per heavy atom. The van der Waals surface area contributed by atoms with E-state index in [0.717, 1.165) is 49.5 Å².